The predicted molar refractivity (Wildman–Crippen MR) is 72.4 cm³/mol. The lowest BCUT2D eigenvalue weighted by Gasteiger charge is -2.26. The van der Waals surface area contributed by atoms with Gasteiger partial charge in [0.05, 0.1) is 0 Å². The highest BCUT2D eigenvalue weighted by atomic mass is 16.2. The highest BCUT2D eigenvalue weighted by Gasteiger charge is 2.37. The van der Waals surface area contributed by atoms with Crippen molar-refractivity contribution in [2.75, 3.05) is 4.90 Å². The van der Waals surface area contributed by atoms with E-state index in [1.807, 2.05) is 17.0 Å². The van der Waals surface area contributed by atoms with Crippen LogP contribution in [-0.2, 0) is 11.2 Å². The number of para-hydroxylation sites is 1. The summed E-state index contributed by atoms with van der Waals surface area (Å²) in [6.07, 6.45) is 3.76. The minimum absolute atomic E-state index is 0.133. The number of fused-ring (bicyclic) bond motifs is 1. The average molecular weight is 244 g/mol. The molecular weight excluding hydrogens is 224 g/mol. The third kappa shape index (κ3) is 1.83. The van der Waals surface area contributed by atoms with Crippen molar-refractivity contribution < 1.29 is 4.79 Å². The predicted octanol–water partition coefficient (Wildman–Crippen LogP) is 2.09. The SMILES string of the molecule is C[C@@H]1Cc2ccccc2N1C(=O)[C@@H]1CC[C@H](N)C1. The van der Waals surface area contributed by atoms with Crippen LogP contribution in [0.25, 0.3) is 0 Å². The van der Waals surface area contributed by atoms with Gasteiger partial charge in [0.2, 0.25) is 5.91 Å². The molecular formula is C15H20N2O. The summed E-state index contributed by atoms with van der Waals surface area (Å²) in [6, 6.07) is 8.74. The summed E-state index contributed by atoms with van der Waals surface area (Å²) in [5.74, 6) is 0.411. The number of carbonyl (C=O) groups is 1. The van der Waals surface area contributed by atoms with Crippen molar-refractivity contribution in [3.8, 4) is 0 Å². The van der Waals surface area contributed by atoms with Gasteiger partial charge in [-0.05, 0) is 44.2 Å². The topological polar surface area (TPSA) is 46.3 Å². The molecule has 1 saturated carbocycles. The van der Waals surface area contributed by atoms with E-state index in [2.05, 4.69) is 19.1 Å². The number of rotatable bonds is 1. The monoisotopic (exact) mass is 244 g/mol. The zero-order valence-electron chi connectivity index (χ0n) is 10.8. The van der Waals surface area contributed by atoms with Crippen molar-refractivity contribution >= 4 is 11.6 Å². The molecule has 0 aromatic heterocycles. The van der Waals surface area contributed by atoms with E-state index in [1.54, 1.807) is 0 Å². The first-order valence-corrected chi connectivity index (χ1v) is 6.83. The Hall–Kier alpha value is -1.35. The Morgan fingerprint density at radius 2 is 2.11 bits per heavy atom. The average Bonchev–Trinajstić information content (AvgIpc) is 2.91. The molecule has 1 fully saturated rings. The maximum absolute atomic E-state index is 12.6. The van der Waals surface area contributed by atoms with Crippen LogP contribution in [-0.4, -0.2) is 18.0 Å². The minimum atomic E-state index is 0.133. The van der Waals surface area contributed by atoms with Gasteiger partial charge in [0.25, 0.3) is 0 Å². The zero-order chi connectivity index (χ0) is 12.7. The summed E-state index contributed by atoms with van der Waals surface area (Å²) >= 11 is 0. The van der Waals surface area contributed by atoms with Crippen LogP contribution in [0, 0.1) is 5.92 Å². The fourth-order valence-corrected chi connectivity index (χ4v) is 3.34. The molecule has 18 heavy (non-hydrogen) atoms. The van der Waals surface area contributed by atoms with Crippen molar-refractivity contribution in [2.24, 2.45) is 11.7 Å². The van der Waals surface area contributed by atoms with Crippen LogP contribution in [0.5, 0.6) is 0 Å². The molecule has 0 radical (unpaired) electrons. The molecule has 1 aromatic rings. The Labute approximate surface area is 108 Å². The van der Waals surface area contributed by atoms with E-state index in [4.69, 9.17) is 5.73 Å². The lowest BCUT2D eigenvalue weighted by Crippen LogP contribution is -2.39. The number of carbonyl (C=O) groups excluding carboxylic acids is 1. The molecule has 1 heterocycles. The molecule has 0 saturated heterocycles. The second-order valence-electron chi connectivity index (χ2n) is 5.66. The van der Waals surface area contributed by atoms with Gasteiger partial charge in [-0.1, -0.05) is 18.2 Å². The molecule has 1 aromatic carbocycles. The van der Waals surface area contributed by atoms with E-state index in [9.17, 15) is 4.79 Å². The molecule has 1 amide bonds. The Balaban J connectivity index is 1.86. The summed E-state index contributed by atoms with van der Waals surface area (Å²) in [4.78, 5) is 14.6. The van der Waals surface area contributed by atoms with Crippen LogP contribution in [0.4, 0.5) is 5.69 Å². The van der Waals surface area contributed by atoms with Crippen molar-refractivity contribution in [3.05, 3.63) is 29.8 Å². The number of amides is 1. The maximum Gasteiger partial charge on any atom is 0.230 e. The molecule has 1 aliphatic carbocycles. The van der Waals surface area contributed by atoms with Crippen LogP contribution in [0.15, 0.2) is 24.3 Å². The lowest BCUT2D eigenvalue weighted by atomic mass is 10.1. The Bertz CT molecular complexity index is 471. The fraction of sp³-hybridized carbons (Fsp3) is 0.533. The van der Waals surface area contributed by atoms with Crippen molar-refractivity contribution in [2.45, 2.75) is 44.7 Å². The van der Waals surface area contributed by atoms with E-state index in [0.717, 1.165) is 31.4 Å². The summed E-state index contributed by atoms with van der Waals surface area (Å²) in [7, 11) is 0. The maximum atomic E-state index is 12.6. The van der Waals surface area contributed by atoms with Gasteiger partial charge in [-0.15, -0.1) is 0 Å². The van der Waals surface area contributed by atoms with Crippen molar-refractivity contribution in [3.63, 3.8) is 0 Å². The van der Waals surface area contributed by atoms with E-state index in [0.29, 0.717) is 0 Å². The third-order valence-electron chi connectivity index (χ3n) is 4.27. The van der Waals surface area contributed by atoms with E-state index in [1.165, 1.54) is 5.56 Å². The first-order valence-electron chi connectivity index (χ1n) is 6.83. The number of benzene rings is 1. The molecule has 96 valence electrons. The molecule has 1 aliphatic heterocycles. The van der Waals surface area contributed by atoms with Crippen molar-refractivity contribution in [1.29, 1.82) is 0 Å². The molecule has 3 heteroatoms. The summed E-state index contributed by atoms with van der Waals surface area (Å²) in [5, 5.41) is 0. The Morgan fingerprint density at radius 1 is 1.33 bits per heavy atom. The number of nitrogens with two attached hydrogens (primary N) is 1. The molecule has 0 unspecified atom stereocenters. The normalized spacial score (nSPS) is 30.6. The molecule has 3 atom stereocenters. The van der Waals surface area contributed by atoms with E-state index >= 15 is 0 Å². The van der Waals surface area contributed by atoms with Crippen molar-refractivity contribution in [1.82, 2.24) is 0 Å². The van der Waals surface area contributed by atoms with Crippen LogP contribution in [0.2, 0.25) is 0 Å². The second kappa shape index (κ2) is 4.39. The van der Waals surface area contributed by atoms with Gasteiger partial charge in [-0.25, -0.2) is 0 Å². The molecule has 2 aliphatic rings. The number of anilines is 1. The highest BCUT2D eigenvalue weighted by molar-refractivity contribution is 5.97. The van der Waals surface area contributed by atoms with Gasteiger partial charge >= 0.3 is 0 Å². The van der Waals surface area contributed by atoms with Crippen LogP contribution in [0.1, 0.15) is 31.7 Å². The van der Waals surface area contributed by atoms with Crippen LogP contribution < -0.4 is 10.6 Å². The largest absolute Gasteiger partial charge is 0.328 e. The molecule has 3 nitrogen and oxygen atoms in total. The minimum Gasteiger partial charge on any atom is -0.328 e. The summed E-state index contributed by atoms with van der Waals surface area (Å²) < 4.78 is 0. The molecule has 0 spiro atoms. The Kier molecular flexibility index (Phi) is 2.86. The van der Waals surface area contributed by atoms with Gasteiger partial charge in [0.1, 0.15) is 0 Å². The molecule has 3 rings (SSSR count). The van der Waals surface area contributed by atoms with Gasteiger partial charge in [0.15, 0.2) is 0 Å². The second-order valence-corrected chi connectivity index (χ2v) is 5.66. The highest BCUT2D eigenvalue weighted by Crippen LogP contribution is 2.35. The quantitative estimate of drug-likeness (QED) is 0.822. The van der Waals surface area contributed by atoms with Crippen LogP contribution in [0.3, 0.4) is 0 Å². The summed E-state index contributed by atoms with van der Waals surface area (Å²) in [5.41, 5.74) is 8.32. The van der Waals surface area contributed by atoms with Gasteiger partial charge < -0.3 is 10.6 Å². The third-order valence-corrected chi connectivity index (χ3v) is 4.27. The standard InChI is InChI=1S/C15H20N2O/c1-10-8-11-4-2-3-5-14(11)17(10)15(18)12-6-7-13(16)9-12/h2-5,10,12-13H,6-9,16H2,1H3/t10-,12-,13+/m1/s1. The smallest absolute Gasteiger partial charge is 0.230 e. The number of nitrogens with zero attached hydrogens (tertiary/aromatic N) is 1. The number of hydrogen-bond acceptors (Lipinski definition) is 2. The first-order chi connectivity index (χ1) is 8.66. The van der Waals surface area contributed by atoms with Gasteiger partial charge in [-0.2, -0.15) is 0 Å². The Morgan fingerprint density at radius 3 is 2.83 bits per heavy atom. The molecule has 2 N–H and O–H groups in total. The first kappa shape index (κ1) is 11.7. The zero-order valence-corrected chi connectivity index (χ0v) is 10.8. The van der Waals surface area contributed by atoms with E-state index in [-0.39, 0.29) is 23.9 Å². The lowest BCUT2D eigenvalue weighted by molar-refractivity contribution is -0.122. The van der Waals surface area contributed by atoms with E-state index < -0.39 is 0 Å². The molecule has 0 bridgehead atoms. The number of hydrogen-bond donors (Lipinski definition) is 1. The summed E-state index contributed by atoms with van der Waals surface area (Å²) in [6.45, 7) is 2.13. The van der Waals surface area contributed by atoms with Crippen LogP contribution >= 0.6 is 0 Å². The fourth-order valence-electron chi connectivity index (χ4n) is 3.34. The van der Waals surface area contributed by atoms with Gasteiger partial charge in [0, 0.05) is 23.7 Å². The van der Waals surface area contributed by atoms with Gasteiger partial charge in [-0.3, -0.25) is 4.79 Å².